The van der Waals surface area contributed by atoms with Gasteiger partial charge < -0.3 is 15.5 Å². The number of nitrogens with two attached hydrogens (primary N) is 1. The minimum atomic E-state index is -0.234. The molecule has 2 heterocycles. The molecule has 0 bridgehead atoms. The van der Waals surface area contributed by atoms with Gasteiger partial charge in [-0.15, -0.1) is 0 Å². The molecular formula is C24H27N3O2. The fourth-order valence-corrected chi connectivity index (χ4v) is 5.07. The van der Waals surface area contributed by atoms with E-state index < -0.39 is 0 Å². The van der Waals surface area contributed by atoms with Crippen molar-refractivity contribution >= 4 is 17.5 Å². The second-order valence-corrected chi connectivity index (χ2v) is 8.59. The summed E-state index contributed by atoms with van der Waals surface area (Å²) in [5, 5.41) is 0. The van der Waals surface area contributed by atoms with Crippen molar-refractivity contribution in [1.82, 2.24) is 4.90 Å². The molecule has 5 rings (SSSR count). The van der Waals surface area contributed by atoms with Gasteiger partial charge in [-0.1, -0.05) is 30.3 Å². The predicted molar refractivity (Wildman–Crippen MR) is 114 cm³/mol. The Bertz CT molecular complexity index is 962. The van der Waals surface area contributed by atoms with Gasteiger partial charge in [0.05, 0.1) is 5.92 Å². The molecule has 2 aliphatic heterocycles. The van der Waals surface area contributed by atoms with E-state index >= 15 is 0 Å². The van der Waals surface area contributed by atoms with Crippen molar-refractivity contribution in [3.8, 4) is 11.1 Å². The Morgan fingerprint density at radius 2 is 1.79 bits per heavy atom. The predicted octanol–water partition coefficient (Wildman–Crippen LogP) is 2.81. The minimum Gasteiger partial charge on any atom is -0.342 e. The fraction of sp³-hybridized carbons (Fsp3) is 0.417. The number of carbonyl (C=O) groups excluding carboxylic acids is 2. The smallest absolute Gasteiger partial charge is 0.228 e. The van der Waals surface area contributed by atoms with Crippen molar-refractivity contribution in [3.63, 3.8) is 0 Å². The molecule has 0 spiro atoms. The number of fused-ring (bicyclic) bond motifs is 3. The Hall–Kier alpha value is -2.66. The number of piperidine rings is 1. The van der Waals surface area contributed by atoms with Gasteiger partial charge in [0.25, 0.3) is 0 Å². The Kier molecular flexibility index (Phi) is 4.63. The summed E-state index contributed by atoms with van der Waals surface area (Å²) in [4.78, 5) is 29.4. The number of nitrogens with zero attached hydrogens (tertiary/aromatic N) is 2. The van der Waals surface area contributed by atoms with Crippen LogP contribution in [0.5, 0.6) is 0 Å². The van der Waals surface area contributed by atoms with E-state index in [4.69, 9.17) is 5.73 Å². The molecule has 2 saturated heterocycles. The molecule has 1 unspecified atom stereocenters. The van der Waals surface area contributed by atoms with E-state index in [-0.39, 0.29) is 17.7 Å². The standard InChI is InChI=1S/C24H27N3O2/c25-14-16-7-9-26(10-8-16)24(29)19-13-23(28)27(15-19)20-5-6-22-18(12-20)11-17-3-1-2-4-21(17)22/h1-6,12,16,19H,7-11,13-15,25H2. The Morgan fingerprint density at radius 1 is 1.03 bits per heavy atom. The molecular weight excluding hydrogens is 362 g/mol. The first-order chi connectivity index (χ1) is 14.1. The molecule has 3 aliphatic rings. The molecule has 0 aromatic heterocycles. The number of likely N-dealkylation sites (tertiary alicyclic amines) is 1. The average Bonchev–Trinajstić information content (AvgIpc) is 3.33. The third-order valence-corrected chi connectivity index (χ3v) is 6.82. The summed E-state index contributed by atoms with van der Waals surface area (Å²) in [6.45, 7) is 2.71. The highest BCUT2D eigenvalue weighted by Crippen LogP contribution is 2.39. The van der Waals surface area contributed by atoms with Crippen LogP contribution in [0, 0.1) is 11.8 Å². The maximum Gasteiger partial charge on any atom is 0.228 e. The largest absolute Gasteiger partial charge is 0.342 e. The van der Waals surface area contributed by atoms with Crippen molar-refractivity contribution in [3.05, 3.63) is 53.6 Å². The number of amides is 2. The topological polar surface area (TPSA) is 66.6 Å². The number of hydrogen-bond acceptors (Lipinski definition) is 3. The van der Waals surface area contributed by atoms with Gasteiger partial charge in [-0.25, -0.2) is 0 Å². The SMILES string of the molecule is NCC1CCN(C(=O)C2CC(=O)N(c3ccc4c(c3)Cc3ccccc3-4)C2)CC1. The van der Waals surface area contributed by atoms with Gasteiger partial charge in [0.15, 0.2) is 0 Å². The summed E-state index contributed by atoms with van der Waals surface area (Å²) < 4.78 is 0. The van der Waals surface area contributed by atoms with E-state index in [1.165, 1.54) is 22.3 Å². The average molecular weight is 389 g/mol. The molecule has 0 radical (unpaired) electrons. The molecule has 2 amide bonds. The molecule has 2 fully saturated rings. The summed E-state index contributed by atoms with van der Waals surface area (Å²) in [5.41, 5.74) is 11.8. The van der Waals surface area contributed by atoms with Gasteiger partial charge >= 0.3 is 0 Å². The van der Waals surface area contributed by atoms with E-state index in [1.54, 1.807) is 4.90 Å². The molecule has 29 heavy (non-hydrogen) atoms. The number of benzene rings is 2. The van der Waals surface area contributed by atoms with E-state index in [0.29, 0.717) is 25.4 Å². The van der Waals surface area contributed by atoms with E-state index in [1.807, 2.05) is 11.0 Å². The van der Waals surface area contributed by atoms with Gasteiger partial charge in [-0.3, -0.25) is 9.59 Å². The van der Waals surface area contributed by atoms with Crippen molar-refractivity contribution < 1.29 is 9.59 Å². The van der Waals surface area contributed by atoms with Crippen LogP contribution in [0.25, 0.3) is 11.1 Å². The molecule has 2 aromatic rings. The lowest BCUT2D eigenvalue weighted by atomic mass is 9.95. The maximum absolute atomic E-state index is 13.0. The number of hydrogen-bond donors (Lipinski definition) is 1. The van der Waals surface area contributed by atoms with Gasteiger partial charge in [-0.2, -0.15) is 0 Å². The molecule has 2 aromatic carbocycles. The van der Waals surface area contributed by atoms with E-state index in [2.05, 4.69) is 36.4 Å². The highest BCUT2D eigenvalue weighted by molar-refractivity contribution is 6.00. The summed E-state index contributed by atoms with van der Waals surface area (Å²) in [7, 11) is 0. The number of anilines is 1. The van der Waals surface area contributed by atoms with Gasteiger partial charge in [0, 0.05) is 31.7 Å². The van der Waals surface area contributed by atoms with Crippen molar-refractivity contribution in [1.29, 1.82) is 0 Å². The van der Waals surface area contributed by atoms with Crippen LogP contribution in [0.2, 0.25) is 0 Å². The number of rotatable bonds is 3. The van der Waals surface area contributed by atoms with Crippen molar-refractivity contribution in [2.24, 2.45) is 17.6 Å². The zero-order valence-electron chi connectivity index (χ0n) is 16.6. The summed E-state index contributed by atoms with van der Waals surface area (Å²) in [5.74, 6) is 0.471. The van der Waals surface area contributed by atoms with Crippen LogP contribution < -0.4 is 10.6 Å². The first-order valence-corrected chi connectivity index (χ1v) is 10.6. The molecule has 0 saturated carbocycles. The van der Waals surface area contributed by atoms with Crippen LogP contribution >= 0.6 is 0 Å². The first kappa shape index (κ1) is 18.4. The second-order valence-electron chi connectivity index (χ2n) is 8.59. The third-order valence-electron chi connectivity index (χ3n) is 6.82. The molecule has 5 heteroatoms. The fourth-order valence-electron chi connectivity index (χ4n) is 5.07. The molecule has 5 nitrogen and oxygen atoms in total. The molecule has 1 atom stereocenters. The second kappa shape index (κ2) is 7.30. The first-order valence-electron chi connectivity index (χ1n) is 10.6. The van der Waals surface area contributed by atoms with Crippen molar-refractivity contribution in [2.75, 3.05) is 31.1 Å². The minimum absolute atomic E-state index is 0.0515. The van der Waals surface area contributed by atoms with Gasteiger partial charge in [0.2, 0.25) is 11.8 Å². The lowest BCUT2D eigenvalue weighted by Gasteiger charge is -2.33. The van der Waals surface area contributed by atoms with E-state index in [0.717, 1.165) is 38.0 Å². The molecule has 1 aliphatic carbocycles. The van der Waals surface area contributed by atoms with Gasteiger partial charge in [-0.05, 0) is 66.1 Å². The zero-order chi connectivity index (χ0) is 20.0. The van der Waals surface area contributed by atoms with Crippen LogP contribution in [0.3, 0.4) is 0 Å². The van der Waals surface area contributed by atoms with Crippen LogP contribution in [-0.2, 0) is 16.0 Å². The summed E-state index contributed by atoms with van der Waals surface area (Å²) >= 11 is 0. The Morgan fingerprint density at radius 3 is 2.59 bits per heavy atom. The Labute approximate surface area is 171 Å². The van der Waals surface area contributed by atoms with Crippen LogP contribution in [0.1, 0.15) is 30.4 Å². The van der Waals surface area contributed by atoms with Gasteiger partial charge in [0.1, 0.15) is 0 Å². The van der Waals surface area contributed by atoms with Crippen LogP contribution in [0.4, 0.5) is 5.69 Å². The maximum atomic E-state index is 13.0. The molecule has 150 valence electrons. The van der Waals surface area contributed by atoms with Crippen molar-refractivity contribution in [2.45, 2.75) is 25.7 Å². The molecule has 2 N–H and O–H groups in total. The quantitative estimate of drug-likeness (QED) is 0.749. The highest BCUT2D eigenvalue weighted by atomic mass is 16.2. The zero-order valence-corrected chi connectivity index (χ0v) is 16.6. The number of carbonyl (C=O) groups is 2. The Balaban J connectivity index is 1.30. The summed E-state index contributed by atoms with van der Waals surface area (Å²) in [6, 6.07) is 14.7. The lowest BCUT2D eigenvalue weighted by molar-refractivity contribution is -0.137. The van der Waals surface area contributed by atoms with Crippen LogP contribution in [0.15, 0.2) is 42.5 Å². The summed E-state index contributed by atoms with van der Waals surface area (Å²) in [6.07, 6.45) is 3.16. The normalized spacial score (nSPS) is 21.4. The van der Waals surface area contributed by atoms with Crippen LogP contribution in [-0.4, -0.2) is 42.9 Å². The third kappa shape index (κ3) is 3.23. The lowest BCUT2D eigenvalue weighted by Crippen LogP contribution is -2.43. The highest BCUT2D eigenvalue weighted by Gasteiger charge is 2.38. The van der Waals surface area contributed by atoms with E-state index in [9.17, 15) is 9.59 Å². The monoisotopic (exact) mass is 389 g/mol.